The first-order chi connectivity index (χ1) is 8.33. The van der Waals surface area contributed by atoms with E-state index < -0.39 is 0 Å². The Kier molecular flexibility index (Phi) is 4.63. The molecule has 0 amide bonds. The van der Waals surface area contributed by atoms with Crippen LogP contribution in [0.15, 0.2) is 28.5 Å². The molecule has 2 aromatic heterocycles. The van der Waals surface area contributed by atoms with Crippen LogP contribution in [-0.4, -0.2) is 10.4 Å². The lowest BCUT2D eigenvalue weighted by Gasteiger charge is -2.05. The molecular formula is C13H16ClNOS. The van der Waals surface area contributed by atoms with E-state index in [1.54, 1.807) is 11.3 Å². The first-order valence-corrected chi connectivity index (χ1v) is 7.37. The van der Waals surface area contributed by atoms with Crippen LogP contribution in [0.25, 0.3) is 10.1 Å². The normalized spacial score (nSPS) is 11.1. The monoisotopic (exact) mass is 269 g/mol. The van der Waals surface area contributed by atoms with Gasteiger partial charge in [0.25, 0.3) is 5.56 Å². The number of aromatic nitrogens is 1. The van der Waals surface area contributed by atoms with Gasteiger partial charge in [0, 0.05) is 23.3 Å². The minimum Gasteiger partial charge on any atom is -0.315 e. The number of unbranched alkanes of at least 4 members (excludes halogenated alkanes) is 3. The van der Waals surface area contributed by atoms with Crippen LogP contribution >= 0.6 is 22.9 Å². The molecule has 0 unspecified atom stereocenters. The van der Waals surface area contributed by atoms with Crippen molar-refractivity contribution in [1.29, 1.82) is 0 Å². The van der Waals surface area contributed by atoms with Crippen molar-refractivity contribution in [1.82, 2.24) is 4.57 Å². The molecule has 0 spiro atoms. The lowest BCUT2D eigenvalue weighted by Crippen LogP contribution is -2.18. The lowest BCUT2D eigenvalue weighted by atomic mass is 10.2. The number of hydrogen-bond acceptors (Lipinski definition) is 2. The summed E-state index contributed by atoms with van der Waals surface area (Å²) in [6.07, 6.45) is 6.31. The van der Waals surface area contributed by atoms with Gasteiger partial charge in [-0.05, 0) is 30.4 Å². The SMILES string of the molecule is O=c1c2ccsc2ccn1CCCCCCCl. The highest BCUT2D eigenvalue weighted by atomic mass is 35.5. The first kappa shape index (κ1) is 12.7. The van der Waals surface area contributed by atoms with Crippen LogP contribution in [0.4, 0.5) is 0 Å². The molecule has 4 heteroatoms. The van der Waals surface area contributed by atoms with Gasteiger partial charge in [0.1, 0.15) is 0 Å². The van der Waals surface area contributed by atoms with Gasteiger partial charge in [0.05, 0.1) is 5.39 Å². The van der Waals surface area contributed by atoms with E-state index in [1.807, 2.05) is 28.3 Å². The van der Waals surface area contributed by atoms with Crippen LogP contribution in [0.1, 0.15) is 25.7 Å². The number of halogens is 1. The number of alkyl halides is 1. The molecule has 0 radical (unpaired) electrons. The Labute approximate surface area is 110 Å². The van der Waals surface area contributed by atoms with E-state index >= 15 is 0 Å². The van der Waals surface area contributed by atoms with E-state index in [9.17, 15) is 4.79 Å². The van der Waals surface area contributed by atoms with Crippen molar-refractivity contribution in [3.8, 4) is 0 Å². The molecule has 92 valence electrons. The molecule has 0 fully saturated rings. The summed E-state index contributed by atoms with van der Waals surface area (Å²) in [6, 6.07) is 3.94. The minimum atomic E-state index is 0.140. The van der Waals surface area contributed by atoms with Crippen molar-refractivity contribution in [2.45, 2.75) is 32.2 Å². The van der Waals surface area contributed by atoms with Gasteiger partial charge >= 0.3 is 0 Å². The van der Waals surface area contributed by atoms with Crippen LogP contribution in [0.2, 0.25) is 0 Å². The highest BCUT2D eigenvalue weighted by molar-refractivity contribution is 7.17. The van der Waals surface area contributed by atoms with E-state index in [2.05, 4.69) is 0 Å². The third-order valence-electron chi connectivity index (χ3n) is 2.87. The van der Waals surface area contributed by atoms with Gasteiger partial charge in [0.2, 0.25) is 0 Å². The quantitative estimate of drug-likeness (QED) is 0.576. The van der Waals surface area contributed by atoms with Gasteiger partial charge in [0.15, 0.2) is 0 Å². The van der Waals surface area contributed by atoms with Crippen molar-refractivity contribution in [2.75, 3.05) is 5.88 Å². The van der Waals surface area contributed by atoms with E-state index in [0.717, 1.165) is 48.2 Å². The largest absolute Gasteiger partial charge is 0.315 e. The molecule has 0 atom stereocenters. The highest BCUT2D eigenvalue weighted by Gasteiger charge is 2.02. The second-order valence-corrected chi connectivity index (χ2v) is 5.44. The summed E-state index contributed by atoms with van der Waals surface area (Å²) in [5.74, 6) is 0.737. The average Bonchev–Trinajstić information content (AvgIpc) is 2.80. The molecule has 2 rings (SSSR count). The zero-order valence-corrected chi connectivity index (χ0v) is 11.3. The van der Waals surface area contributed by atoms with Crippen molar-refractivity contribution in [3.63, 3.8) is 0 Å². The summed E-state index contributed by atoms with van der Waals surface area (Å²) in [5.41, 5.74) is 0.140. The maximum absolute atomic E-state index is 12.1. The molecule has 2 aromatic rings. The Morgan fingerprint density at radius 2 is 2.00 bits per heavy atom. The zero-order chi connectivity index (χ0) is 12.1. The van der Waals surface area contributed by atoms with Crippen LogP contribution in [0, 0.1) is 0 Å². The summed E-state index contributed by atoms with van der Waals surface area (Å²) >= 11 is 7.24. The van der Waals surface area contributed by atoms with Crippen LogP contribution < -0.4 is 5.56 Å². The van der Waals surface area contributed by atoms with Gasteiger partial charge in [-0.1, -0.05) is 12.8 Å². The van der Waals surface area contributed by atoms with E-state index in [1.165, 1.54) is 0 Å². The molecule has 0 saturated heterocycles. The predicted molar refractivity (Wildman–Crippen MR) is 75.3 cm³/mol. The van der Waals surface area contributed by atoms with E-state index in [-0.39, 0.29) is 5.56 Å². The maximum Gasteiger partial charge on any atom is 0.259 e. The highest BCUT2D eigenvalue weighted by Crippen LogP contribution is 2.16. The number of pyridine rings is 1. The average molecular weight is 270 g/mol. The number of rotatable bonds is 6. The van der Waals surface area contributed by atoms with E-state index in [0.29, 0.717) is 0 Å². The van der Waals surface area contributed by atoms with Crippen molar-refractivity contribution in [2.24, 2.45) is 0 Å². The Morgan fingerprint density at radius 1 is 1.18 bits per heavy atom. The fourth-order valence-corrected chi connectivity index (χ4v) is 2.87. The Morgan fingerprint density at radius 3 is 2.82 bits per heavy atom. The summed E-state index contributed by atoms with van der Waals surface area (Å²) < 4.78 is 2.89. The number of hydrogen-bond donors (Lipinski definition) is 0. The fraction of sp³-hybridized carbons (Fsp3) is 0.462. The third-order valence-corrected chi connectivity index (χ3v) is 4.02. The van der Waals surface area contributed by atoms with Crippen LogP contribution in [0.5, 0.6) is 0 Å². The third kappa shape index (κ3) is 3.11. The molecule has 0 aromatic carbocycles. The summed E-state index contributed by atoms with van der Waals surface area (Å²) in [4.78, 5) is 12.1. The molecular weight excluding hydrogens is 254 g/mol. The van der Waals surface area contributed by atoms with Gasteiger partial charge < -0.3 is 4.57 Å². The molecule has 0 aliphatic heterocycles. The number of nitrogens with zero attached hydrogens (tertiary/aromatic N) is 1. The molecule has 2 heterocycles. The molecule has 0 aliphatic rings. The first-order valence-electron chi connectivity index (χ1n) is 5.95. The maximum atomic E-state index is 12.1. The van der Waals surface area contributed by atoms with Crippen LogP contribution in [-0.2, 0) is 6.54 Å². The Balaban J connectivity index is 1.99. The van der Waals surface area contributed by atoms with Crippen molar-refractivity contribution >= 4 is 33.0 Å². The smallest absolute Gasteiger partial charge is 0.259 e. The minimum absolute atomic E-state index is 0.140. The zero-order valence-electron chi connectivity index (χ0n) is 9.69. The fourth-order valence-electron chi connectivity index (χ4n) is 1.91. The van der Waals surface area contributed by atoms with Crippen LogP contribution in [0.3, 0.4) is 0 Å². The topological polar surface area (TPSA) is 22.0 Å². The molecule has 0 aliphatic carbocycles. The molecule has 17 heavy (non-hydrogen) atoms. The lowest BCUT2D eigenvalue weighted by molar-refractivity contribution is 0.574. The van der Waals surface area contributed by atoms with Crippen molar-refractivity contribution < 1.29 is 0 Å². The standard InChI is InChI=1S/C13H16ClNOS/c14-7-3-1-2-4-8-15-9-5-12-11(13(15)16)6-10-17-12/h5-6,9-10H,1-4,7-8H2. The number of thiophene rings is 1. The molecule has 0 saturated carbocycles. The van der Waals surface area contributed by atoms with Crippen molar-refractivity contribution in [3.05, 3.63) is 34.1 Å². The van der Waals surface area contributed by atoms with Gasteiger partial charge in [-0.25, -0.2) is 0 Å². The van der Waals surface area contributed by atoms with Gasteiger partial charge in [-0.15, -0.1) is 22.9 Å². The molecule has 0 N–H and O–H groups in total. The number of fused-ring (bicyclic) bond motifs is 1. The molecule has 0 bridgehead atoms. The van der Waals surface area contributed by atoms with Gasteiger partial charge in [-0.2, -0.15) is 0 Å². The van der Waals surface area contributed by atoms with Gasteiger partial charge in [-0.3, -0.25) is 4.79 Å². The number of aryl methyl sites for hydroxylation is 1. The Bertz CT molecular complexity index is 531. The molecule has 2 nitrogen and oxygen atoms in total. The summed E-state index contributed by atoms with van der Waals surface area (Å²) in [6.45, 7) is 0.812. The summed E-state index contributed by atoms with van der Waals surface area (Å²) in [7, 11) is 0. The van der Waals surface area contributed by atoms with E-state index in [4.69, 9.17) is 11.6 Å². The predicted octanol–water partition coefficient (Wildman–Crippen LogP) is 3.86. The second-order valence-electron chi connectivity index (χ2n) is 4.12. The second kappa shape index (κ2) is 6.22. The summed E-state index contributed by atoms with van der Waals surface area (Å²) in [5, 5.41) is 2.81. The Hall–Kier alpha value is -0.800.